The summed E-state index contributed by atoms with van der Waals surface area (Å²) >= 11 is 6.89. The number of halogens is 1. The predicted octanol–water partition coefficient (Wildman–Crippen LogP) is 4.54. The predicted molar refractivity (Wildman–Crippen MR) is 134 cm³/mol. The number of carbonyl (C=O) groups excluding carboxylic acids is 3. The zero-order valence-corrected chi connectivity index (χ0v) is 21.3. The van der Waals surface area contributed by atoms with Gasteiger partial charge in [0.15, 0.2) is 16.6 Å². The van der Waals surface area contributed by atoms with Crippen LogP contribution in [0.1, 0.15) is 32.5 Å². The summed E-state index contributed by atoms with van der Waals surface area (Å²) in [6, 6.07) is 10.0. The minimum atomic E-state index is -1.07. The standard InChI is InChI=1S/C25H21ClN2O7S/c1-12-22(24(32)35-4)36-25(27-12)28-19(14-7-10-16(33-2)17(11-14)34-3)18(21(30)23(28)31)20(29)13-5-8-15(26)9-6-13/h5-11,19,29H,1-4H3/t19-/m1/s1. The number of carbonyl (C=O) groups is 3. The number of ether oxygens (including phenoxy) is 3. The lowest BCUT2D eigenvalue weighted by Crippen LogP contribution is -2.29. The number of hydrogen-bond acceptors (Lipinski definition) is 9. The number of Topliss-reactive ketones (excluding diaryl/α,β-unsaturated/α-hetero) is 1. The monoisotopic (exact) mass is 528 g/mol. The smallest absolute Gasteiger partial charge is 0.350 e. The quantitative estimate of drug-likeness (QED) is 0.215. The van der Waals surface area contributed by atoms with E-state index in [1.165, 1.54) is 21.3 Å². The van der Waals surface area contributed by atoms with Crippen molar-refractivity contribution in [1.82, 2.24) is 4.98 Å². The molecule has 4 rings (SSSR count). The van der Waals surface area contributed by atoms with E-state index < -0.39 is 23.7 Å². The molecule has 0 bridgehead atoms. The topological polar surface area (TPSA) is 115 Å². The molecule has 2 heterocycles. The van der Waals surface area contributed by atoms with Crippen molar-refractivity contribution in [3.05, 3.63) is 74.8 Å². The molecule has 11 heteroatoms. The number of benzene rings is 2. The summed E-state index contributed by atoms with van der Waals surface area (Å²) in [6.45, 7) is 1.60. The third-order valence-electron chi connectivity index (χ3n) is 5.65. The van der Waals surface area contributed by atoms with Gasteiger partial charge in [-0.3, -0.25) is 14.5 Å². The van der Waals surface area contributed by atoms with Crippen molar-refractivity contribution < 1.29 is 33.7 Å². The molecule has 1 amide bonds. The Balaban J connectivity index is 1.96. The van der Waals surface area contributed by atoms with E-state index in [2.05, 4.69) is 4.98 Å². The van der Waals surface area contributed by atoms with Gasteiger partial charge in [-0.1, -0.05) is 29.0 Å². The summed E-state index contributed by atoms with van der Waals surface area (Å²) in [5.74, 6) is -2.01. The maximum atomic E-state index is 13.3. The molecule has 1 aliphatic rings. The van der Waals surface area contributed by atoms with Crippen LogP contribution in [0.4, 0.5) is 5.13 Å². The minimum absolute atomic E-state index is 0.102. The van der Waals surface area contributed by atoms with Crippen molar-refractivity contribution in [1.29, 1.82) is 0 Å². The van der Waals surface area contributed by atoms with Crippen molar-refractivity contribution in [2.24, 2.45) is 0 Å². The fourth-order valence-electron chi connectivity index (χ4n) is 3.90. The number of rotatable bonds is 6. The van der Waals surface area contributed by atoms with Crippen LogP contribution in [0.3, 0.4) is 0 Å². The number of aliphatic hydroxyl groups is 1. The second-order valence-corrected chi connectivity index (χ2v) is 9.11. The number of esters is 1. The zero-order chi connectivity index (χ0) is 26.1. The van der Waals surface area contributed by atoms with Crippen LogP contribution in [0.25, 0.3) is 5.76 Å². The van der Waals surface area contributed by atoms with E-state index in [1.54, 1.807) is 49.4 Å². The Bertz CT molecular complexity index is 1400. The summed E-state index contributed by atoms with van der Waals surface area (Å²) in [5, 5.41) is 11.7. The molecular weight excluding hydrogens is 508 g/mol. The summed E-state index contributed by atoms with van der Waals surface area (Å²) in [6.07, 6.45) is 0. The second-order valence-electron chi connectivity index (χ2n) is 7.69. The Morgan fingerprint density at radius 3 is 2.33 bits per heavy atom. The van der Waals surface area contributed by atoms with Gasteiger partial charge < -0.3 is 19.3 Å². The Labute approximate surface area is 215 Å². The average Bonchev–Trinajstić information content (AvgIpc) is 3.39. The van der Waals surface area contributed by atoms with Crippen LogP contribution < -0.4 is 14.4 Å². The lowest BCUT2D eigenvalue weighted by molar-refractivity contribution is -0.132. The van der Waals surface area contributed by atoms with Crippen LogP contribution in [0.5, 0.6) is 11.5 Å². The van der Waals surface area contributed by atoms with Crippen LogP contribution in [0.15, 0.2) is 48.0 Å². The second kappa shape index (κ2) is 10.00. The highest BCUT2D eigenvalue weighted by Gasteiger charge is 2.48. The van der Waals surface area contributed by atoms with Crippen LogP contribution >= 0.6 is 22.9 Å². The van der Waals surface area contributed by atoms with Gasteiger partial charge in [0.1, 0.15) is 10.6 Å². The molecule has 1 fully saturated rings. The molecule has 1 saturated heterocycles. The maximum Gasteiger partial charge on any atom is 0.350 e. The van der Waals surface area contributed by atoms with Crippen molar-refractivity contribution in [3.8, 4) is 11.5 Å². The van der Waals surface area contributed by atoms with E-state index in [9.17, 15) is 19.5 Å². The number of ketones is 1. The molecule has 9 nitrogen and oxygen atoms in total. The number of aromatic nitrogens is 1. The molecule has 1 aromatic heterocycles. The molecular formula is C25H21ClN2O7S. The van der Waals surface area contributed by atoms with E-state index in [0.717, 1.165) is 16.2 Å². The van der Waals surface area contributed by atoms with Crippen LogP contribution in [-0.4, -0.2) is 49.1 Å². The number of anilines is 1. The Morgan fingerprint density at radius 2 is 1.72 bits per heavy atom. The van der Waals surface area contributed by atoms with E-state index >= 15 is 0 Å². The first-order valence-corrected chi connectivity index (χ1v) is 11.8. The Morgan fingerprint density at radius 1 is 1.06 bits per heavy atom. The van der Waals surface area contributed by atoms with Gasteiger partial charge in [-0.15, -0.1) is 0 Å². The fourth-order valence-corrected chi connectivity index (χ4v) is 5.04. The average molecular weight is 529 g/mol. The summed E-state index contributed by atoms with van der Waals surface area (Å²) < 4.78 is 15.5. The summed E-state index contributed by atoms with van der Waals surface area (Å²) in [4.78, 5) is 44.6. The highest BCUT2D eigenvalue weighted by atomic mass is 35.5. The molecule has 0 saturated carbocycles. The molecule has 0 aliphatic carbocycles. The lowest BCUT2D eigenvalue weighted by atomic mass is 9.95. The third kappa shape index (κ3) is 4.29. The molecule has 186 valence electrons. The highest BCUT2D eigenvalue weighted by Crippen LogP contribution is 2.45. The van der Waals surface area contributed by atoms with Gasteiger partial charge in [-0.05, 0) is 48.9 Å². The molecule has 1 atom stereocenters. The number of thiazole rings is 1. The molecule has 0 spiro atoms. The molecule has 3 aromatic rings. The van der Waals surface area contributed by atoms with Crippen molar-refractivity contribution in [2.75, 3.05) is 26.2 Å². The molecule has 1 N–H and O–H groups in total. The third-order valence-corrected chi connectivity index (χ3v) is 7.04. The van der Waals surface area contributed by atoms with Crippen LogP contribution in [0, 0.1) is 6.92 Å². The first-order valence-electron chi connectivity index (χ1n) is 10.6. The largest absolute Gasteiger partial charge is 0.507 e. The number of amides is 1. The van der Waals surface area contributed by atoms with Crippen molar-refractivity contribution >= 4 is 51.5 Å². The zero-order valence-electron chi connectivity index (χ0n) is 19.7. The van der Waals surface area contributed by atoms with E-state index in [0.29, 0.717) is 33.3 Å². The van der Waals surface area contributed by atoms with Gasteiger partial charge in [0.25, 0.3) is 5.78 Å². The van der Waals surface area contributed by atoms with Gasteiger partial charge in [-0.25, -0.2) is 9.78 Å². The van der Waals surface area contributed by atoms with Gasteiger partial charge in [0.2, 0.25) is 0 Å². The van der Waals surface area contributed by atoms with Crippen LogP contribution in [-0.2, 0) is 14.3 Å². The molecule has 0 radical (unpaired) electrons. The van der Waals surface area contributed by atoms with E-state index in [-0.39, 0.29) is 21.3 Å². The van der Waals surface area contributed by atoms with Gasteiger partial charge >= 0.3 is 11.9 Å². The molecule has 1 aliphatic heterocycles. The highest BCUT2D eigenvalue weighted by molar-refractivity contribution is 7.17. The lowest BCUT2D eigenvalue weighted by Gasteiger charge is -2.23. The Hall–Kier alpha value is -3.89. The van der Waals surface area contributed by atoms with Crippen molar-refractivity contribution in [2.45, 2.75) is 13.0 Å². The normalized spacial score (nSPS) is 16.8. The molecule has 0 unspecified atom stereocenters. The number of aryl methyl sites for hydroxylation is 1. The number of hydrogen-bond donors (Lipinski definition) is 1. The Kier molecular flexibility index (Phi) is 7.00. The number of aliphatic hydroxyl groups excluding tert-OH is 1. The van der Waals surface area contributed by atoms with Crippen molar-refractivity contribution in [3.63, 3.8) is 0 Å². The van der Waals surface area contributed by atoms with Gasteiger partial charge in [-0.2, -0.15) is 0 Å². The molecule has 36 heavy (non-hydrogen) atoms. The first kappa shape index (κ1) is 25.2. The SMILES string of the molecule is COC(=O)c1sc(N2C(=O)C(=O)C(=C(O)c3ccc(Cl)cc3)[C@H]2c2ccc(OC)c(OC)c2)nc1C. The number of nitrogens with zero attached hydrogens (tertiary/aromatic N) is 2. The molecule has 2 aromatic carbocycles. The minimum Gasteiger partial charge on any atom is -0.507 e. The first-order chi connectivity index (χ1) is 17.2. The number of methoxy groups -OCH3 is 3. The summed E-state index contributed by atoms with van der Waals surface area (Å²) in [7, 11) is 4.18. The fraction of sp³-hybridized carbons (Fsp3) is 0.200. The summed E-state index contributed by atoms with van der Waals surface area (Å²) in [5.41, 5.74) is 0.942. The van der Waals surface area contributed by atoms with Crippen LogP contribution in [0.2, 0.25) is 5.02 Å². The van der Waals surface area contributed by atoms with Gasteiger partial charge in [0, 0.05) is 10.6 Å². The van der Waals surface area contributed by atoms with E-state index in [1.807, 2.05) is 0 Å². The van der Waals surface area contributed by atoms with E-state index in [4.69, 9.17) is 25.8 Å². The van der Waals surface area contributed by atoms with Gasteiger partial charge in [0.05, 0.1) is 38.6 Å². The maximum absolute atomic E-state index is 13.3.